The third kappa shape index (κ3) is 5.24. The SMILES string of the molecule is CC(CCc1cccc(C(N)=O)c1)NCCc1ccn(O)c(=O)c1. The van der Waals surface area contributed by atoms with Crippen molar-refractivity contribution in [1.82, 2.24) is 10.0 Å². The lowest BCUT2D eigenvalue weighted by atomic mass is 10.0. The standard InChI is InChI=1S/C18H23N3O3/c1-13(5-6-14-3-2-4-16(11-14)18(19)23)20-9-7-15-8-10-21(24)17(22)12-15/h2-4,8,10-13,20,24H,5-7,9H2,1H3,(H2,19,23). The van der Waals surface area contributed by atoms with E-state index < -0.39 is 11.5 Å². The molecule has 0 saturated heterocycles. The highest BCUT2D eigenvalue weighted by atomic mass is 16.5. The maximum atomic E-state index is 11.3. The van der Waals surface area contributed by atoms with Gasteiger partial charge in [0.15, 0.2) is 0 Å². The van der Waals surface area contributed by atoms with Gasteiger partial charge in [-0.15, -0.1) is 0 Å². The van der Waals surface area contributed by atoms with E-state index in [1.165, 1.54) is 12.3 Å². The van der Waals surface area contributed by atoms with E-state index in [9.17, 15) is 9.59 Å². The van der Waals surface area contributed by atoms with E-state index in [0.717, 1.165) is 36.9 Å². The number of nitrogens with two attached hydrogens (primary N) is 1. The molecule has 0 aliphatic carbocycles. The summed E-state index contributed by atoms with van der Waals surface area (Å²) < 4.78 is 0.569. The van der Waals surface area contributed by atoms with Gasteiger partial charge in [0, 0.05) is 23.9 Å². The average Bonchev–Trinajstić information content (AvgIpc) is 2.56. The highest BCUT2D eigenvalue weighted by Crippen LogP contribution is 2.09. The first kappa shape index (κ1) is 17.7. The average molecular weight is 329 g/mol. The van der Waals surface area contributed by atoms with Crippen molar-refractivity contribution < 1.29 is 10.0 Å². The molecule has 1 heterocycles. The minimum absolute atomic E-state index is 0.306. The maximum Gasteiger partial charge on any atom is 0.283 e. The second-order valence-corrected chi connectivity index (χ2v) is 5.93. The molecule has 0 saturated carbocycles. The maximum absolute atomic E-state index is 11.3. The number of nitrogens with zero attached hydrogens (tertiary/aromatic N) is 1. The Kier molecular flexibility index (Phi) is 6.14. The summed E-state index contributed by atoms with van der Waals surface area (Å²) in [6.45, 7) is 2.85. The summed E-state index contributed by atoms with van der Waals surface area (Å²) in [7, 11) is 0. The van der Waals surface area contributed by atoms with Crippen LogP contribution in [0.5, 0.6) is 0 Å². The van der Waals surface area contributed by atoms with E-state index in [2.05, 4.69) is 12.2 Å². The zero-order valence-electron chi connectivity index (χ0n) is 13.7. The molecule has 1 unspecified atom stereocenters. The minimum Gasteiger partial charge on any atom is -0.425 e. The zero-order chi connectivity index (χ0) is 17.5. The molecule has 128 valence electrons. The van der Waals surface area contributed by atoms with Crippen LogP contribution in [0.3, 0.4) is 0 Å². The van der Waals surface area contributed by atoms with Crippen molar-refractivity contribution in [3.63, 3.8) is 0 Å². The fourth-order valence-electron chi connectivity index (χ4n) is 2.50. The number of pyridine rings is 1. The highest BCUT2D eigenvalue weighted by molar-refractivity contribution is 5.92. The number of rotatable bonds is 8. The van der Waals surface area contributed by atoms with Crippen molar-refractivity contribution in [2.75, 3.05) is 6.54 Å². The van der Waals surface area contributed by atoms with Crippen LogP contribution in [0.25, 0.3) is 0 Å². The second-order valence-electron chi connectivity index (χ2n) is 5.93. The number of benzene rings is 1. The van der Waals surface area contributed by atoms with Gasteiger partial charge in [-0.05, 0) is 62.1 Å². The number of carbonyl (C=O) groups excluding carboxylic acids is 1. The van der Waals surface area contributed by atoms with Gasteiger partial charge in [0.2, 0.25) is 5.91 Å². The van der Waals surface area contributed by atoms with Crippen LogP contribution in [-0.4, -0.2) is 28.4 Å². The molecule has 1 aromatic heterocycles. The van der Waals surface area contributed by atoms with Crippen LogP contribution in [0.1, 0.15) is 34.8 Å². The molecule has 1 amide bonds. The largest absolute Gasteiger partial charge is 0.425 e. The summed E-state index contributed by atoms with van der Waals surface area (Å²) in [6.07, 6.45) is 3.86. The number of primary amides is 1. The van der Waals surface area contributed by atoms with Gasteiger partial charge in [-0.25, -0.2) is 0 Å². The van der Waals surface area contributed by atoms with Gasteiger partial charge in [-0.3, -0.25) is 9.59 Å². The number of nitrogens with one attached hydrogen (secondary N) is 1. The summed E-state index contributed by atoms with van der Waals surface area (Å²) in [4.78, 5) is 22.5. The molecule has 0 bridgehead atoms. The molecule has 0 aliphatic rings. The van der Waals surface area contributed by atoms with Crippen LogP contribution in [0, 0.1) is 0 Å². The fourth-order valence-corrected chi connectivity index (χ4v) is 2.50. The van der Waals surface area contributed by atoms with Crippen molar-refractivity contribution in [3.05, 3.63) is 69.6 Å². The van der Waals surface area contributed by atoms with Gasteiger partial charge in [0.1, 0.15) is 0 Å². The summed E-state index contributed by atoms with van der Waals surface area (Å²) in [6, 6.07) is 10.8. The lowest BCUT2D eigenvalue weighted by molar-refractivity contribution is 0.1000. The molecule has 1 aromatic carbocycles. The molecule has 24 heavy (non-hydrogen) atoms. The number of amides is 1. The molecule has 0 aliphatic heterocycles. The van der Waals surface area contributed by atoms with Gasteiger partial charge >= 0.3 is 0 Å². The number of hydrogen-bond acceptors (Lipinski definition) is 4. The van der Waals surface area contributed by atoms with E-state index in [0.29, 0.717) is 16.3 Å². The lowest BCUT2D eigenvalue weighted by Gasteiger charge is -2.14. The van der Waals surface area contributed by atoms with Gasteiger partial charge < -0.3 is 16.3 Å². The van der Waals surface area contributed by atoms with Crippen molar-refractivity contribution in [2.45, 2.75) is 32.2 Å². The summed E-state index contributed by atoms with van der Waals surface area (Å²) in [5, 5.41) is 12.6. The summed E-state index contributed by atoms with van der Waals surface area (Å²) >= 11 is 0. The van der Waals surface area contributed by atoms with E-state index in [1.54, 1.807) is 12.1 Å². The number of aryl methyl sites for hydroxylation is 1. The number of aromatic nitrogens is 1. The Morgan fingerprint density at radius 1 is 1.25 bits per heavy atom. The van der Waals surface area contributed by atoms with Crippen LogP contribution in [0.4, 0.5) is 0 Å². The first-order chi connectivity index (χ1) is 11.5. The summed E-state index contributed by atoms with van der Waals surface area (Å²) in [5.74, 6) is -0.409. The van der Waals surface area contributed by atoms with Crippen LogP contribution in [0.15, 0.2) is 47.4 Å². The predicted octanol–water partition coefficient (Wildman–Crippen LogP) is 1.34. The minimum atomic E-state index is -0.421. The lowest BCUT2D eigenvalue weighted by Crippen LogP contribution is -2.29. The molecule has 6 nitrogen and oxygen atoms in total. The van der Waals surface area contributed by atoms with Crippen LogP contribution in [-0.2, 0) is 12.8 Å². The molecule has 0 fully saturated rings. The zero-order valence-corrected chi connectivity index (χ0v) is 13.7. The molecule has 6 heteroatoms. The van der Waals surface area contributed by atoms with E-state index >= 15 is 0 Å². The van der Waals surface area contributed by atoms with Crippen molar-refractivity contribution in [2.24, 2.45) is 5.73 Å². The molecule has 2 rings (SSSR count). The molecular weight excluding hydrogens is 306 g/mol. The third-order valence-corrected chi connectivity index (χ3v) is 3.95. The first-order valence-corrected chi connectivity index (χ1v) is 7.98. The number of carbonyl (C=O) groups is 1. The Morgan fingerprint density at radius 2 is 2.00 bits per heavy atom. The Morgan fingerprint density at radius 3 is 2.71 bits per heavy atom. The van der Waals surface area contributed by atoms with Gasteiger partial charge in [0.25, 0.3) is 5.56 Å². The Hall–Kier alpha value is -2.60. The van der Waals surface area contributed by atoms with Crippen LogP contribution >= 0.6 is 0 Å². The van der Waals surface area contributed by atoms with Crippen LogP contribution < -0.4 is 16.6 Å². The monoisotopic (exact) mass is 329 g/mol. The molecule has 0 radical (unpaired) electrons. The van der Waals surface area contributed by atoms with E-state index in [-0.39, 0.29) is 0 Å². The molecule has 1 atom stereocenters. The van der Waals surface area contributed by atoms with E-state index in [4.69, 9.17) is 10.9 Å². The normalized spacial score (nSPS) is 12.0. The topological polar surface area (TPSA) is 97.3 Å². The fraction of sp³-hybridized carbons (Fsp3) is 0.333. The second kappa shape index (κ2) is 8.31. The molecule has 0 spiro atoms. The molecule has 2 aromatic rings. The van der Waals surface area contributed by atoms with Crippen LogP contribution in [0.2, 0.25) is 0 Å². The predicted molar refractivity (Wildman–Crippen MR) is 92.3 cm³/mol. The van der Waals surface area contributed by atoms with Crippen molar-refractivity contribution in [1.29, 1.82) is 0 Å². The summed E-state index contributed by atoms with van der Waals surface area (Å²) in [5.41, 5.74) is 7.38. The van der Waals surface area contributed by atoms with E-state index in [1.807, 2.05) is 18.2 Å². The first-order valence-electron chi connectivity index (χ1n) is 7.98. The quantitative estimate of drug-likeness (QED) is 0.637. The Bertz CT molecular complexity index is 755. The Balaban J connectivity index is 1.76. The third-order valence-electron chi connectivity index (χ3n) is 3.95. The van der Waals surface area contributed by atoms with Gasteiger partial charge in [-0.2, -0.15) is 4.73 Å². The Labute approximate surface area is 140 Å². The van der Waals surface area contributed by atoms with Crippen molar-refractivity contribution in [3.8, 4) is 0 Å². The molecule has 4 N–H and O–H groups in total. The van der Waals surface area contributed by atoms with Gasteiger partial charge in [0.05, 0.1) is 0 Å². The smallest absolute Gasteiger partial charge is 0.283 e. The molecular formula is C18H23N3O3. The van der Waals surface area contributed by atoms with Crippen molar-refractivity contribution >= 4 is 5.91 Å². The highest BCUT2D eigenvalue weighted by Gasteiger charge is 2.05. The number of hydrogen-bond donors (Lipinski definition) is 3. The van der Waals surface area contributed by atoms with Gasteiger partial charge in [-0.1, -0.05) is 12.1 Å².